The van der Waals surface area contributed by atoms with Gasteiger partial charge in [-0.15, -0.1) is 10.2 Å². The summed E-state index contributed by atoms with van der Waals surface area (Å²) in [5.74, 6) is 0.853. The maximum atomic E-state index is 8.71. The molecule has 80 valence electrons. The lowest BCUT2D eigenvalue weighted by Gasteiger charge is -2.04. The van der Waals surface area contributed by atoms with Gasteiger partial charge in [0.2, 0.25) is 0 Å². The molecule has 16 heavy (non-hydrogen) atoms. The molecule has 0 unspecified atom stereocenters. The lowest BCUT2D eigenvalue weighted by molar-refractivity contribution is 0.683. The van der Waals surface area contributed by atoms with Gasteiger partial charge >= 0.3 is 0 Å². The molecule has 1 aromatic heterocycles. The van der Waals surface area contributed by atoms with Crippen LogP contribution < -0.4 is 0 Å². The molecule has 0 spiro atoms. The number of nitriles is 1. The summed E-state index contributed by atoms with van der Waals surface area (Å²) in [4.78, 5) is 0. The molecule has 0 saturated carbocycles. The highest BCUT2D eigenvalue weighted by atomic mass is 15.3. The molecule has 4 nitrogen and oxygen atoms in total. The molecule has 0 atom stereocenters. The van der Waals surface area contributed by atoms with Crippen molar-refractivity contribution in [3.05, 3.63) is 36.2 Å². The third-order valence-corrected chi connectivity index (χ3v) is 2.35. The van der Waals surface area contributed by atoms with E-state index >= 15 is 0 Å². The van der Waals surface area contributed by atoms with Crippen molar-refractivity contribution in [1.82, 2.24) is 14.8 Å². The molecular weight excluding hydrogens is 200 g/mol. The van der Waals surface area contributed by atoms with Gasteiger partial charge < -0.3 is 4.57 Å². The van der Waals surface area contributed by atoms with Crippen LogP contribution in [-0.4, -0.2) is 14.8 Å². The van der Waals surface area contributed by atoms with Crippen molar-refractivity contribution in [3.63, 3.8) is 0 Å². The molecule has 0 aliphatic rings. The summed E-state index contributed by atoms with van der Waals surface area (Å²) in [7, 11) is 0. The molecule has 0 aliphatic heterocycles. The number of benzene rings is 1. The Kier molecular flexibility index (Phi) is 2.97. The van der Waals surface area contributed by atoms with Gasteiger partial charge in [-0.2, -0.15) is 5.26 Å². The van der Waals surface area contributed by atoms with Crippen LogP contribution in [0.15, 0.2) is 30.6 Å². The predicted octanol–water partition coefficient (Wildman–Crippen LogP) is 2.23. The van der Waals surface area contributed by atoms with Gasteiger partial charge in [-0.1, -0.05) is 6.92 Å². The molecule has 0 amide bonds. The molecule has 0 radical (unpaired) electrons. The molecule has 0 aliphatic carbocycles. The quantitative estimate of drug-likeness (QED) is 0.783. The molecule has 4 heteroatoms. The lowest BCUT2D eigenvalue weighted by Crippen LogP contribution is -1.98. The summed E-state index contributed by atoms with van der Waals surface area (Å²) in [6.07, 6.45) is 2.78. The van der Waals surface area contributed by atoms with Crippen LogP contribution in [0.5, 0.6) is 0 Å². The van der Waals surface area contributed by atoms with Crippen molar-refractivity contribution in [1.29, 1.82) is 5.26 Å². The molecular formula is C12H12N4. The van der Waals surface area contributed by atoms with Crippen LogP contribution in [-0.2, 0) is 6.54 Å². The predicted molar refractivity (Wildman–Crippen MR) is 60.5 cm³/mol. The third kappa shape index (κ3) is 1.94. The third-order valence-electron chi connectivity index (χ3n) is 2.35. The average Bonchev–Trinajstić information content (AvgIpc) is 2.78. The van der Waals surface area contributed by atoms with Crippen LogP contribution in [0.1, 0.15) is 18.9 Å². The fourth-order valence-corrected chi connectivity index (χ4v) is 1.58. The van der Waals surface area contributed by atoms with E-state index in [1.54, 1.807) is 18.5 Å². The average molecular weight is 212 g/mol. The summed E-state index contributed by atoms with van der Waals surface area (Å²) in [5.41, 5.74) is 1.65. The van der Waals surface area contributed by atoms with E-state index in [1.807, 2.05) is 16.7 Å². The highest BCUT2D eigenvalue weighted by Crippen LogP contribution is 2.17. The van der Waals surface area contributed by atoms with Crippen molar-refractivity contribution in [3.8, 4) is 17.5 Å². The Morgan fingerprint density at radius 2 is 2.06 bits per heavy atom. The Bertz CT molecular complexity index is 505. The molecule has 2 aromatic rings. The fraction of sp³-hybridized carbons (Fsp3) is 0.250. The number of hydrogen-bond acceptors (Lipinski definition) is 3. The van der Waals surface area contributed by atoms with Crippen molar-refractivity contribution < 1.29 is 0 Å². The second kappa shape index (κ2) is 4.58. The lowest BCUT2D eigenvalue weighted by atomic mass is 10.1. The first-order valence-electron chi connectivity index (χ1n) is 5.23. The van der Waals surface area contributed by atoms with Gasteiger partial charge in [0.05, 0.1) is 11.6 Å². The van der Waals surface area contributed by atoms with Gasteiger partial charge in [-0.05, 0) is 30.7 Å². The number of aryl methyl sites for hydroxylation is 1. The second-order valence-electron chi connectivity index (χ2n) is 3.54. The molecule has 0 N–H and O–H groups in total. The van der Waals surface area contributed by atoms with Gasteiger partial charge in [0.15, 0.2) is 5.82 Å². The number of aromatic nitrogens is 3. The highest BCUT2D eigenvalue weighted by molar-refractivity contribution is 5.56. The van der Waals surface area contributed by atoms with Gasteiger partial charge in [-0.3, -0.25) is 0 Å². The zero-order chi connectivity index (χ0) is 11.4. The summed E-state index contributed by atoms with van der Waals surface area (Å²) in [5, 5.41) is 16.7. The van der Waals surface area contributed by atoms with Crippen molar-refractivity contribution in [2.24, 2.45) is 0 Å². The number of rotatable bonds is 3. The minimum atomic E-state index is 0.658. The standard InChI is InChI=1S/C12H12N4/c1-2-7-16-9-14-15-12(16)11-5-3-10(8-13)4-6-11/h3-6,9H,2,7H2,1H3. The molecule has 2 rings (SSSR count). The zero-order valence-electron chi connectivity index (χ0n) is 9.09. The van der Waals surface area contributed by atoms with E-state index in [0.29, 0.717) is 5.56 Å². The van der Waals surface area contributed by atoms with Crippen LogP contribution in [0.3, 0.4) is 0 Å². The summed E-state index contributed by atoms with van der Waals surface area (Å²) < 4.78 is 2.02. The van der Waals surface area contributed by atoms with Gasteiger partial charge in [0.1, 0.15) is 6.33 Å². The number of hydrogen-bond donors (Lipinski definition) is 0. The smallest absolute Gasteiger partial charge is 0.163 e. The van der Waals surface area contributed by atoms with Crippen molar-refractivity contribution in [2.45, 2.75) is 19.9 Å². The van der Waals surface area contributed by atoms with E-state index in [1.165, 1.54) is 0 Å². The molecule has 1 aromatic carbocycles. The normalized spacial score (nSPS) is 10.0. The maximum Gasteiger partial charge on any atom is 0.163 e. The first kappa shape index (κ1) is 10.4. The molecule has 1 heterocycles. The van der Waals surface area contributed by atoms with E-state index in [4.69, 9.17) is 5.26 Å². The Morgan fingerprint density at radius 1 is 1.31 bits per heavy atom. The fourth-order valence-electron chi connectivity index (χ4n) is 1.58. The van der Waals surface area contributed by atoms with Crippen molar-refractivity contribution in [2.75, 3.05) is 0 Å². The molecule has 0 fully saturated rings. The number of nitrogens with zero attached hydrogens (tertiary/aromatic N) is 4. The minimum absolute atomic E-state index is 0.658. The minimum Gasteiger partial charge on any atom is -0.314 e. The van der Waals surface area contributed by atoms with E-state index in [0.717, 1.165) is 24.4 Å². The Balaban J connectivity index is 2.35. The molecule has 0 saturated heterocycles. The van der Waals surface area contributed by atoms with Gasteiger partial charge in [0, 0.05) is 12.1 Å². The van der Waals surface area contributed by atoms with Gasteiger partial charge in [-0.25, -0.2) is 0 Å². The first-order valence-corrected chi connectivity index (χ1v) is 5.23. The second-order valence-corrected chi connectivity index (χ2v) is 3.54. The van der Waals surface area contributed by atoms with E-state index in [9.17, 15) is 0 Å². The van der Waals surface area contributed by atoms with E-state index < -0.39 is 0 Å². The topological polar surface area (TPSA) is 54.5 Å². The highest BCUT2D eigenvalue weighted by Gasteiger charge is 2.05. The maximum absolute atomic E-state index is 8.71. The zero-order valence-corrected chi connectivity index (χ0v) is 9.09. The van der Waals surface area contributed by atoms with Crippen LogP contribution >= 0.6 is 0 Å². The SMILES string of the molecule is CCCn1cnnc1-c1ccc(C#N)cc1. The molecule has 0 bridgehead atoms. The summed E-state index contributed by atoms with van der Waals surface area (Å²) >= 11 is 0. The van der Waals surface area contributed by atoms with Crippen LogP contribution in [0.4, 0.5) is 0 Å². The van der Waals surface area contributed by atoms with E-state index in [2.05, 4.69) is 23.2 Å². The Morgan fingerprint density at radius 3 is 2.69 bits per heavy atom. The Hall–Kier alpha value is -2.15. The monoisotopic (exact) mass is 212 g/mol. The van der Waals surface area contributed by atoms with Gasteiger partial charge in [0.25, 0.3) is 0 Å². The first-order chi connectivity index (χ1) is 7.85. The van der Waals surface area contributed by atoms with Crippen LogP contribution in [0.2, 0.25) is 0 Å². The van der Waals surface area contributed by atoms with Crippen LogP contribution in [0.25, 0.3) is 11.4 Å². The van der Waals surface area contributed by atoms with E-state index in [-0.39, 0.29) is 0 Å². The largest absolute Gasteiger partial charge is 0.314 e. The van der Waals surface area contributed by atoms with Crippen LogP contribution in [0, 0.1) is 11.3 Å². The summed E-state index contributed by atoms with van der Waals surface area (Å²) in [6, 6.07) is 9.48. The van der Waals surface area contributed by atoms with Crippen molar-refractivity contribution >= 4 is 0 Å². The Labute approximate surface area is 94.2 Å². The summed E-state index contributed by atoms with van der Waals surface area (Å²) in [6.45, 7) is 3.02.